The first-order valence-corrected chi connectivity index (χ1v) is 25.7. The topological polar surface area (TPSA) is 72.8 Å². The number of aliphatic hydroxyl groups excluding tert-OH is 1. The van der Waals surface area contributed by atoms with Gasteiger partial charge in [-0.3, -0.25) is 9.59 Å². The number of carbonyl (C=O) groups excluding carboxylic acids is 2. The SMILES string of the molecule is CC/C=C\C/C=C\C/C=C\C/C=C\CCCCCCC(=O)OC(CO)COC(=O)CCCCCCCCCCCCCCCCCCCCCCCCCCCCCC. The molecule has 5 nitrogen and oxygen atoms in total. The molecule has 0 aliphatic heterocycles. The lowest BCUT2D eigenvalue weighted by molar-refractivity contribution is -0.161. The monoisotopic (exact) mass is 827 g/mol. The van der Waals surface area contributed by atoms with Gasteiger partial charge in [0.05, 0.1) is 6.61 Å². The van der Waals surface area contributed by atoms with E-state index < -0.39 is 6.10 Å². The van der Waals surface area contributed by atoms with E-state index in [2.05, 4.69) is 62.5 Å². The van der Waals surface area contributed by atoms with Gasteiger partial charge in [-0.25, -0.2) is 0 Å². The van der Waals surface area contributed by atoms with E-state index in [1.165, 1.54) is 161 Å². The summed E-state index contributed by atoms with van der Waals surface area (Å²) in [5.74, 6) is -0.609. The predicted molar refractivity (Wildman–Crippen MR) is 256 cm³/mol. The lowest BCUT2D eigenvalue weighted by Gasteiger charge is -2.15. The van der Waals surface area contributed by atoms with E-state index in [0.717, 1.165) is 77.0 Å². The Morgan fingerprint density at radius 1 is 0.407 bits per heavy atom. The highest BCUT2D eigenvalue weighted by atomic mass is 16.6. The zero-order valence-electron chi connectivity index (χ0n) is 39.3. The Bertz CT molecular complexity index is 981. The first-order valence-electron chi connectivity index (χ1n) is 25.7. The average molecular weight is 827 g/mol. The molecule has 344 valence electrons. The van der Waals surface area contributed by atoms with E-state index in [1.54, 1.807) is 0 Å². The third-order valence-electron chi connectivity index (χ3n) is 11.4. The molecular formula is C54H98O5. The van der Waals surface area contributed by atoms with Crippen LogP contribution >= 0.6 is 0 Å². The van der Waals surface area contributed by atoms with Gasteiger partial charge in [-0.15, -0.1) is 0 Å². The van der Waals surface area contributed by atoms with Crippen molar-refractivity contribution in [2.75, 3.05) is 13.2 Å². The third-order valence-corrected chi connectivity index (χ3v) is 11.4. The molecule has 0 aromatic carbocycles. The zero-order valence-corrected chi connectivity index (χ0v) is 39.3. The third kappa shape index (κ3) is 48.4. The van der Waals surface area contributed by atoms with Crippen LogP contribution in [0.4, 0.5) is 0 Å². The van der Waals surface area contributed by atoms with Gasteiger partial charge in [-0.1, -0.05) is 249 Å². The molecule has 0 saturated carbocycles. The summed E-state index contributed by atoms with van der Waals surface area (Å²) in [5.41, 5.74) is 0. The van der Waals surface area contributed by atoms with Crippen LogP contribution in [0.15, 0.2) is 48.6 Å². The normalized spacial score (nSPS) is 12.5. The molecule has 0 spiro atoms. The Kier molecular flexibility index (Phi) is 48.4. The second kappa shape index (κ2) is 50.2. The number of aliphatic hydroxyl groups is 1. The quantitative estimate of drug-likeness (QED) is 0.0376. The van der Waals surface area contributed by atoms with Gasteiger partial charge in [0, 0.05) is 12.8 Å². The maximum Gasteiger partial charge on any atom is 0.306 e. The number of carbonyl (C=O) groups is 2. The Morgan fingerprint density at radius 3 is 1.10 bits per heavy atom. The summed E-state index contributed by atoms with van der Waals surface area (Å²) in [4.78, 5) is 24.4. The lowest BCUT2D eigenvalue weighted by Crippen LogP contribution is -2.28. The maximum atomic E-state index is 12.2. The van der Waals surface area contributed by atoms with Crippen LogP contribution in [0.1, 0.15) is 264 Å². The van der Waals surface area contributed by atoms with Crippen molar-refractivity contribution in [3.63, 3.8) is 0 Å². The standard InChI is InChI=1S/C54H98O5/c1-3-5-7-9-11-13-15-17-19-21-22-23-24-25-26-27-28-29-30-31-33-34-36-38-40-42-44-46-48-53(56)58-51-52(50-55)59-54(57)49-47-45-43-41-39-37-35-32-20-18-16-14-12-10-8-6-4-2/h6,8,12,14,18,20,35,37,52,55H,3-5,7,9-11,13,15-17,19,21-34,36,38-51H2,1-2H3/b8-6-,14-12-,20-18-,37-35-. The molecule has 0 fully saturated rings. The molecule has 0 radical (unpaired) electrons. The van der Waals surface area contributed by atoms with Crippen LogP contribution in [0.2, 0.25) is 0 Å². The van der Waals surface area contributed by atoms with Gasteiger partial charge in [-0.05, 0) is 51.4 Å². The molecule has 0 heterocycles. The first kappa shape index (κ1) is 56.9. The van der Waals surface area contributed by atoms with Crippen LogP contribution in [-0.2, 0) is 19.1 Å². The predicted octanol–water partition coefficient (Wildman–Crippen LogP) is 16.9. The molecule has 0 amide bonds. The minimum absolute atomic E-state index is 0.0739. The minimum Gasteiger partial charge on any atom is -0.462 e. The van der Waals surface area contributed by atoms with Crippen molar-refractivity contribution in [2.45, 2.75) is 270 Å². The fourth-order valence-corrected chi connectivity index (χ4v) is 7.55. The number of rotatable bonds is 47. The van der Waals surface area contributed by atoms with E-state index in [1.807, 2.05) is 0 Å². The molecule has 0 saturated heterocycles. The highest BCUT2D eigenvalue weighted by Crippen LogP contribution is 2.17. The highest BCUT2D eigenvalue weighted by molar-refractivity contribution is 5.70. The molecule has 0 aliphatic rings. The van der Waals surface area contributed by atoms with Gasteiger partial charge in [0.15, 0.2) is 6.10 Å². The Morgan fingerprint density at radius 2 is 0.729 bits per heavy atom. The summed E-state index contributed by atoms with van der Waals surface area (Å²) in [5, 5.41) is 9.61. The number of allylic oxidation sites excluding steroid dienone is 8. The summed E-state index contributed by atoms with van der Waals surface area (Å²) in [6.45, 7) is 4.03. The van der Waals surface area contributed by atoms with E-state index in [9.17, 15) is 14.7 Å². The van der Waals surface area contributed by atoms with Gasteiger partial charge in [-0.2, -0.15) is 0 Å². The molecule has 0 bridgehead atoms. The molecule has 1 N–H and O–H groups in total. The average Bonchev–Trinajstić information content (AvgIpc) is 3.24. The van der Waals surface area contributed by atoms with Crippen molar-refractivity contribution in [1.82, 2.24) is 0 Å². The number of hydrogen-bond donors (Lipinski definition) is 1. The molecule has 0 aliphatic carbocycles. The molecule has 1 atom stereocenters. The van der Waals surface area contributed by atoms with Crippen LogP contribution < -0.4 is 0 Å². The van der Waals surface area contributed by atoms with Crippen molar-refractivity contribution in [3.8, 4) is 0 Å². The summed E-state index contributed by atoms with van der Waals surface area (Å²) >= 11 is 0. The summed E-state index contributed by atoms with van der Waals surface area (Å²) in [6, 6.07) is 0. The van der Waals surface area contributed by atoms with Crippen molar-refractivity contribution in [3.05, 3.63) is 48.6 Å². The van der Waals surface area contributed by atoms with Crippen LogP contribution in [-0.4, -0.2) is 36.4 Å². The van der Waals surface area contributed by atoms with E-state index in [0.29, 0.717) is 12.8 Å². The van der Waals surface area contributed by atoms with E-state index in [4.69, 9.17) is 9.47 Å². The number of hydrogen-bond acceptors (Lipinski definition) is 5. The van der Waals surface area contributed by atoms with Crippen LogP contribution in [0, 0.1) is 0 Å². The van der Waals surface area contributed by atoms with Gasteiger partial charge in [0.2, 0.25) is 0 Å². The molecule has 0 aromatic heterocycles. The summed E-state index contributed by atoms with van der Waals surface area (Å²) < 4.78 is 10.7. The maximum absolute atomic E-state index is 12.2. The van der Waals surface area contributed by atoms with Crippen molar-refractivity contribution < 1.29 is 24.2 Å². The first-order chi connectivity index (χ1) is 29.1. The fourth-order valence-electron chi connectivity index (χ4n) is 7.55. The van der Waals surface area contributed by atoms with Gasteiger partial charge < -0.3 is 14.6 Å². The van der Waals surface area contributed by atoms with Gasteiger partial charge >= 0.3 is 11.9 Å². The highest BCUT2D eigenvalue weighted by Gasteiger charge is 2.16. The fraction of sp³-hybridized carbons (Fsp3) is 0.815. The number of esters is 2. The summed E-state index contributed by atoms with van der Waals surface area (Å²) in [7, 11) is 0. The van der Waals surface area contributed by atoms with E-state index in [-0.39, 0.29) is 25.2 Å². The number of unbranched alkanes of at least 4 members (excludes halogenated alkanes) is 31. The molecule has 0 aromatic rings. The Hall–Kier alpha value is -2.14. The molecule has 0 rings (SSSR count). The molecule has 5 heteroatoms. The van der Waals surface area contributed by atoms with Crippen molar-refractivity contribution >= 4 is 11.9 Å². The smallest absolute Gasteiger partial charge is 0.306 e. The van der Waals surface area contributed by atoms with Crippen LogP contribution in [0.25, 0.3) is 0 Å². The second-order valence-electron chi connectivity index (χ2n) is 17.2. The van der Waals surface area contributed by atoms with Crippen molar-refractivity contribution in [2.24, 2.45) is 0 Å². The van der Waals surface area contributed by atoms with Crippen LogP contribution in [0.5, 0.6) is 0 Å². The number of ether oxygens (including phenoxy) is 2. The zero-order chi connectivity index (χ0) is 42.8. The second-order valence-corrected chi connectivity index (χ2v) is 17.2. The Balaban J connectivity index is 3.46. The van der Waals surface area contributed by atoms with Crippen LogP contribution in [0.3, 0.4) is 0 Å². The largest absolute Gasteiger partial charge is 0.462 e. The van der Waals surface area contributed by atoms with Gasteiger partial charge in [0.1, 0.15) is 6.61 Å². The molecule has 59 heavy (non-hydrogen) atoms. The Labute approximate surface area is 367 Å². The minimum atomic E-state index is -0.784. The van der Waals surface area contributed by atoms with Gasteiger partial charge in [0.25, 0.3) is 0 Å². The molecule has 1 unspecified atom stereocenters. The lowest BCUT2D eigenvalue weighted by atomic mass is 10.0. The van der Waals surface area contributed by atoms with Crippen molar-refractivity contribution in [1.29, 1.82) is 0 Å². The molecular weight excluding hydrogens is 729 g/mol. The summed E-state index contributed by atoms with van der Waals surface area (Å²) in [6.07, 6.45) is 65.1. The van der Waals surface area contributed by atoms with E-state index >= 15 is 0 Å².